The van der Waals surface area contributed by atoms with Crippen LogP contribution in [0.15, 0.2) is 0 Å². The highest BCUT2D eigenvalue weighted by Gasteiger charge is 2.04. The van der Waals surface area contributed by atoms with E-state index < -0.39 is 12.2 Å². The lowest BCUT2D eigenvalue weighted by Crippen LogP contribution is -2.12. The zero-order valence-corrected chi connectivity index (χ0v) is 9.59. The molecule has 0 aliphatic heterocycles. The second-order valence-electron chi connectivity index (χ2n) is 2.19. The fourth-order valence-electron chi connectivity index (χ4n) is 0.342. The molecule has 2 atom stereocenters. The molecule has 0 rings (SSSR count). The van der Waals surface area contributed by atoms with Crippen LogP contribution in [0.4, 0.5) is 0 Å². The number of aliphatic hydroxyl groups is 2. The molecule has 0 heterocycles. The number of halogens is 2. The van der Waals surface area contributed by atoms with Crippen molar-refractivity contribution < 1.29 is 10.2 Å². The zero-order chi connectivity index (χ0) is 9.40. The van der Waals surface area contributed by atoms with E-state index in [0.717, 1.165) is 0 Å². The van der Waals surface area contributed by atoms with Gasteiger partial charge in [-0.1, -0.05) is 21.6 Å². The highest BCUT2D eigenvalue weighted by molar-refractivity contribution is 8.76. The van der Waals surface area contributed by atoms with Crippen molar-refractivity contribution in [3.8, 4) is 0 Å². The summed E-state index contributed by atoms with van der Waals surface area (Å²) in [4.78, 5) is 0. The molecule has 0 aliphatic rings. The maximum absolute atomic E-state index is 9.03. The van der Waals surface area contributed by atoms with Gasteiger partial charge < -0.3 is 10.2 Å². The lowest BCUT2D eigenvalue weighted by Gasteiger charge is -2.07. The maximum Gasteiger partial charge on any atom is 0.0774 e. The van der Waals surface area contributed by atoms with Crippen molar-refractivity contribution in [3.63, 3.8) is 0 Å². The summed E-state index contributed by atoms with van der Waals surface area (Å²) >= 11 is 10.8. The first-order valence-electron chi connectivity index (χ1n) is 3.43. The Bertz CT molecular complexity index is 95.5. The quantitative estimate of drug-likeness (QED) is 0.409. The number of alkyl halides is 2. The largest absolute Gasteiger partial charge is 0.391 e. The normalized spacial score (nSPS) is 16.0. The van der Waals surface area contributed by atoms with Crippen LogP contribution in [0.2, 0.25) is 0 Å². The third-order valence-corrected chi connectivity index (χ3v) is 4.20. The summed E-state index contributed by atoms with van der Waals surface area (Å²) < 4.78 is 0. The Morgan fingerprint density at radius 2 is 1.25 bits per heavy atom. The molecule has 2 nitrogen and oxygen atoms in total. The number of hydrogen-bond acceptors (Lipinski definition) is 4. The Kier molecular flexibility index (Phi) is 9.66. The molecule has 74 valence electrons. The highest BCUT2D eigenvalue weighted by Crippen LogP contribution is 2.23. The summed E-state index contributed by atoms with van der Waals surface area (Å²) in [5, 5.41) is 18.1. The van der Waals surface area contributed by atoms with E-state index in [2.05, 4.69) is 0 Å². The first kappa shape index (κ1) is 13.2. The van der Waals surface area contributed by atoms with Gasteiger partial charge in [0.2, 0.25) is 0 Å². The average Bonchev–Trinajstić information content (AvgIpc) is 2.11. The Labute approximate surface area is 90.4 Å². The molecule has 0 bridgehead atoms. The SMILES string of the molecule is O[C@H](CCl)CSSC[C@H](O)CCl. The van der Waals surface area contributed by atoms with E-state index in [4.69, 9.17) is 33.4 Å². The number of aliphatic hydroxyl groups excluding tert-OH is 2. The van der Waals surface area contributed by atoms with Gasteiger partial charge in [-0.25, -0.2) is 0 Å². The molecule has 0 aromatic rings. The standard InChI is InChI=1S/C6H12Cl2O2S2/c7-1-5(9)3-11-12-4-6(10)2-8/h5-6,9-10H,1-4H2/t5-,6-/m1/s1. The van der Waals surface area contributed by atoms with Crippen molar-refractivity contribution >= 4 is 44.8 Å². The molecule has 6 heteroatoms. The average molecular weight is 251 g/mol. The van der Waals surface area contributed by atoms with Gasteiger partial charge >= 0.3 is 0 Å². The summed E-state index contributed by atoms with van der Waals surface area (Å²) in [5.41, 5.74) is 0. The summed E-state index contributed by atoms with van der Waals surface area (Å²) in [6, 6.07) is 0. The lowest BCUT2D eigenvalue weighted by molar-refractivity contribution is 0.223. The van der Waals surface area contributed by atoms with Crippen LogP contribution in [0, 0.1) is 0 Å². The molecule has 0 unspecified atom stereocenters. The highest BCUT2D eigenvalue weighted by atomic mass is 35.5. The molecule has 0 aromatic carbocycles. The van der Waals surface area contributed by atoms with Gasteiger partial charge in [-0.2, -0.15) is 0 Å². The van der Waals surface area contributed by atoms with Crippen molar-refractivity contribution in [2.75, 3.05) is 23.3 Å². The summed E-state index contributed by atoms with van der Waals surface area (Å²) in [7, 11) is 2.99. The molecule has 0 saturated carbocycles. The van der Waals surface area contributed by atoms with Gasteiger partial charge in [-0.3, -0.25) is 0 Å². The van der Waals surface area contributed by atoms with Crippen molar-refractivity contribution in [2.45, 2.75) is 12.2 Å². The van der Waals surface area contributed by atoms with Crippen LogP contribution in [0.25, 0.3) is 0 Å². The van der Waals surface area contributed by atoms with Crippen LogP contribution in [0.1, 0.15) is 0 Å². The summed E-state index contributed by atoms with van der Waals surface area (Å²) in [6.45, 7) is 0. The monoisotopic (exact) mass is 250 g/mol. The fourth-order valence-corrected chi connectivity index (χ4v) is 3.08. The minimum atomic E-state index is -0.461. The van der Waals surface area contributed by atoms with Gasteiger partial charge in [0.15, 0.2) is 0 Å². The van der Waals surface area contributed by atoms with Crippen LogP contribution in [0.5, 0.6) is 0 Å². The van der Waals surface area contributed by atoms with Crippen molar-refractivity contribution in [1.82, 2.24) is 0 Å². The van der Waals surface area contributed by atoms with Crippen LogP contribution in [0.3, 0.4) is 0 Å². The van der Waals surface area contributed by atoms with E-state index in [-0.39, 0.29) is 11.8 Å². The second-order valence-corrected chi connectivity index (χ2v) is 5.35. The van der Waals surface area contributed by atoms with Gasteiger partial charge in [0, 0.05) is 23.3 Å². The minimum Gasteiger partial charge on any atom is -0.391 e. The zero-order valence-electron chi connectivity index (χ0n) is 6.45. The van der Waals surface area contributed by atoms with Crippen molar-refractivity contribution in [2.24, 2.45) is 0 Å². The molecule has 0 aromatic heterocycles. The van der Waals surface area contributed by atoms with E-state index in [1.165, 1.54) is 21.6 Å². The van der Waals surface area contributed by atoms with E-state index in [1.807, 2.05) is 0 Å². The molecular formula is C6H12Cl2O2S2. The van der Waals surface area contributed by atoms with E-state index in [9.17, 15) is 0 Å². The molecule has 0 radical (unpaired) electrons. The Morgan fingerprint density at radius 3 is 1.50 bits per heavy atom. The third kappa shape index (κ3) is 7.83. The second kappa shape index (κ2) is 8.78. The Morgan fingerprint density at radius 1 is 0.917 bits per heavy atom. The van der Waals surface area contributed by atoms with Gasteiger partial charge in [0.1, 0.15) is 0 Å². The van der Waals surface area contributed by atoms with Gasteiger partial charge in [0.05, 0.1) is 12.2 Å². The minimum absolute atomic E-state index is 0.256. The van der Waals surface area contributed by atoms with Crippen LogP contribution >= 0.6 is 44.8 Å². The molecule has 0 spiro atoms. The molecule has 0 fully saturated rings. The number of hydrogen-bond donors (Lipinski definition) is 2. The molecule has 0 amide bonds. The van der Waals surface area contributed by atoms with E-state index >= 15 is 0 Å². The molecule has 12 heavy (non-hydrogen) atoms. The van der Waals surface area contributed by atoms with Crippen molar-refractivity contribution in [1.29, 1.82) is 0 Å². The predicted molar refractivity (Wildman–Crippen MR) is 58.4 cm³/mol. The predicted octanol–water partition coefficient (Wildman–Crippen LogP) is 1.57. The third-order valence-electron chi connectivity index (χ3n) is 0.960. The fraction of sp³-hybridized carbons (Fsp3) is 1.00. The first-order chi connectivity index (χ1) is 5.70. The Balaban J connectivity index is 3.10. The van der Waals surface area contributed by atoms with Gasteiger partial charge in [-0.05, 0) is 0 Å². The Hall–Kier alpha value is 1.20. The topological polar surface area (TPSA) is 40.5 Å². The van der Waals surface area contributed by atoms with E-state index in [0.29, 0.717) is 11.5 Å². The van der Waals surface area contributed by atoms with Crippen molar-refractivity contribution in [3.05, 3.63) is 0 Å². The van der Waals surface area contributed by atoms with Crippen LogP contribution < -0.4 is 0 Å². The van der Waals surface area contributed by atoms with Gasteiger partial charge in [-0.15, -0.1) is 23.2 Å². The molecule has 0 saturated heterocycles. The summed E-state index contributed by atoms with van der Waals surface area (Å²) in [5.74, 6) is 1.68. The molecule has 2 N–H and O–H groups in total. The van der Waals surface area contributed by atoms with Crippen LogP contribution in [-0.4, -0.2) is 45.7 Å². The first-order valence-corrected chi connectivity index (χ1v) is 6.99. The van der Waals surface area contributed by atoms with Crippen LogP contribution in [-0.2, 0) is 0 Å². The summed E-state index contributed by atoms with van der Waals surface area (Å²) in [6.07, 6.45) is -0.922. The molecular weight excluding hydrogens is 239 g/mol. The lowest BCUT2D eigenvalue weighted by atomic mass is 10.5. The molecule has 0 aliphatic carbocycles. The smallest absolute Gasteiger partial charge is 0.0774 e. The van der Waals surface area contributed by atoms with E-state index in [1.54, 1.807) is 0 Å². The number of rotatable bonds is 7. The maximum atomic E-state index is 9.03. The van der Waals surface area contributed by atoms with Gasteiger partial charge in [0.25, 0.3) is 0 Å².